The summed E-state index contributed by atoms with van der Waals surface area (Å²) in [6, 6.07) is 16.8. The average molecular weight is 508 g/mol. The summed E-state index contributed by atoms with van der Waals surface area (Å²) in [5.41, 5.74) is 0.500. The number of carbonyl (C=O) groups excluding carboxylic acids is 3. The standard InChI is InChI=1S/C27H25NO7S/c1-4-32-26(30)22-16(3)23(27(31)33-5-2)36-25(22)28-24(29)21-14-13-18(35-21)15-34-20-12-8-10-17-9-6-7-11-19(17)20/h6-14H,4-5,15H2,1-3H3,(H,28,29). The Balaban J connectivity index is 1.51. The quantitative estimate of drug-likeness (QED) is 0.278. The maximum atomic E-state index is 12.9. The number of rotatable bonds is 9. The number of furan rings is 1. The number of amides is 1. The van der Waals surface area contributed by atoms with Crippen LogP contribution in [0.5, 0.6) is 5.75 Å². The van der Waals surface area contributed by atoms with Crippen LogP contribution in [0.4, 0.5) is 5.00 Å². The minimum Gasteiger partial charge on any atom is -0.485 e. The normalized spacial score (nSPS) is 10.8. The molecule has 1 N–H and O–H groups in total. The first-order valence-electron chi connectivity index (χ1n) is 11.4. The smallest absolute Gasteiger partial charge is 0.348 e. The van der Waals surface area contributed by atoms with E-state index in [1.165, 1.54) is 6.07 Å². The highest BCUT2D eigenvalue weighted by Gasteiger charge is 2.28. The molecular formula is C27H25NO7S. The summed E-state index contributed by atoms with van der Waals surface area (Å²) >= 11 is 0.953. The molecule has 0 aliphatic rings. The van der Waals surface area contributed by atoms with Crippen LogP contribution in [0.3, 0.4) is 0 Å². The lowest BCUT2D eigenvalue weighted by Gasteiger charge is -2.08. The summed E-state index contributed by atoms with van der Waals surface area (Å²) < 4.78 is 21.8. The van der Waals surface area contributed by atoms with E-state index in [0.29, 0.717) is 17.1 Å². The summed E-state index contributed by atoms with van der Waals surface area (Å²) in [5, 5.41) is 4.89. The van der Waals surface area contributed by atoms with Gasteiger partial charge in [-0.1, -0.05) is 36.4 Å². The van der Waals surface area contributed by atoms with Crippen molar-refractivity contribution in [3.63, 3.8) is 0 Å². The first-order chi connectivity index (χ1) is 17.4. The Bertz CT molecular complexity index is 1410. The van der Waals surface area contributed by atoms with Gasteiger partial charge in [0.1, 0.15) is 28.0 Å². The fourth-order valence-electron chi connectivity index (χ4n) is 3.65. The molecule has 9 heteroatoms. The molecule has 0 aliphatic carbocycles. The van der Waals surface area contributed by atoms with Crippen LogP contribution in [0.1, 0.15) is 55.8 Å². The van der Waals surface area contributed by atoms with Gasteiger partial charge in [0.15, 0.2) is 5.76 Å². The molecule has 0 atom stereocenters. The van der Waals surface area contributed by atoms with Crippen molar-refractivity contribution in [2.45, 2.75) is 27.4 Å². The Morgan fingerprint density at radius 3 is 2.42 bits per heavy atom. The minimum atomic E-state index is -0.638. The first-order valence-corrected chi connectivity index (χ1v) is 12.2. The molecule has 0 spiro atoms. The van der Waals surface area contributed by atoms with Crippen molar-refractivity contribution < 1.29 is 33.0 Å². The van der Waals surface area contributed by atoms with Crippen LogP contribution in [-0.4, -0.2) is 31.1 Å². The number of ether oxygens (including phenoxy) is 3. The third-order valence-corrected chi connectivity index (χ3v) is 6.51. The molecule has 36 heavy (non-hydrogen) atoms. The Hall–Kier alpha value is -4.11. The van der Waals surface area contributed by atoms with Crippen molar-refractivity contribution in [2.75, 3.05) is 18.5 Å². The minimum absolute atomic E-state index is 0.0325. The van der Waals surface area contributed by atoms with Gasteiger partial charge in [0.05, 0.1) is 18.8 Å². The van der Waals surface area contributed by atoms with Crippen molar-refractivity contribution in [2.24, 2.45) is 0 Å². The predicted molar refractivity (Wildman–Crippen MR) is 136 cm³/mol. The molecule has 0 saturated carbocycles. The fourth-order valence-corrected chi connectivity index (χ4v) is 4.74. The van der Waals surface area contributed by atoms with Gasteiger partial charge in [-0.05, 0) is 49.9 Å². The van der Waals surface area contributed by atoms with Gasteiger partial charge in [0, 0.05) is 5.39 Å². The van der Waals surface area contributed by atoms with E-state index in [4.69, 9.17) is 18.6 Å². The van der Waals surface area contributed by atoms with E-state index in [1.54, 1.807) is 26.8 Å². The summed E-state index contributed by atoms with van der Waals surface area (Å²) in [5.74, 6) is -0.597. The first kappa shape index (κ1) is 25.0. The van der Waals surface area contributed by atoms with Gasteiger partial charge in [0.2, 0.25) is 0 Å². The van der Waals surface area contributed by atoms with Crippen LogP contribution in [0, 0.1) is 6.92 Å². The van der Waals surface area contributed by atoms with Gasteiger partial charge in [-0.2, -0.15) is 0 Å². The van der Waals surface area contributed by atoms with Gasteiger partial charge >= 0.3 is 11.9 Å². The number of fused-ring (bicyclic) bond motifs is 1. The number of hydrogen-bond acceptors (Lipinski definition) is 8. The molecule has 0 fully saturated rings. The lowest BCUT2D eigenvalue weighted by atomic mass is 10.1. The van der Waals surface area contributed by atoms with Crippen LogP contribution in [-0.2, 0) is 16.1 Å². The van der Waals surface area contributed by atoms with Gasteiger partial charge in [-0.15, -0.1) is 11.3 Å². The van der Waals surface area contributed by atoms with E-state index in [-0.39, 0.29) is 41.0 Å². The zero-order valence-corrected chi connectivity index (χ0v) is 20.9. The molecule has 2 heterocycles. The van der Waals surface area contributed by atoms with Crippen molar-refractivity contribution >= 4 is 45.0 Å². The lowest BCUT2D eigenvalue weighted by Crippen LogP contribution is -2.14. The number of anilines is 1. The van der Waals surface area contributed by atoms with E-state index in [9.17, 15) is 14.4 Å². The lowest BCUT2D eigenvalue weighted by molar-refractivity contribution is 0.0527. The molecule has 0 radical (unpaired) electrons. The van der Waals surface area contributed by atoms with Crippen molar-refractivity contribution in [1.82, 2.24) is 0 Å². The zero-order chi connectivity index (χ0) is 25.7. The monoisotopic (exact) mass is 507 g/mol. The maximum absolute atomic E-state index is 12.9. The number of benzene rings is 2. The van der Waals surface area contributed by atoms with Crippen molar-refractivity contribution in [1.29, 1.82) is 0 Å². The fraction of sp³-hybridized carbons (Fsp3) is 0.222. The van der Waals surface area contributed by atoms with Crippen LogP contribution in [0.2, 0.25) is 0 Å². The van der Waals surface area contributed by atoms with Gasteiger partial charge < -0.3 is 23.9 Å². The van der Waals surface area contributed by atoms with Crippen molar-refractivity contribution in [3.05, 3.63) is 82.1 Å². The molecule has 0 bridgehead atoms. The summed E-state index contributed by atoms with van der Waals surface area (Å²) in [4.78, 5) is 38.0. The number of esters is 2. The van der Waals surface area contributed by atoms with E-state index >= 15 is 0 Å². The Morgan fingerprint density at radius 1 is 0.917 bits per heavy atom. The Kier molecular flexibility index (Phi) is 7.70. The summed E-state index contributed by atoms with van der Waals surface area (Å²) in [6.45, 7) is 5.43. The second kappa shape index (κ2) is 11.1. The summed E-state index contributed by atoms with van der Waals surface area (Å²) in [6.07, 6.45) is 0. The second-order valence-electron chi connectivity index (χ2n) is 7.69. The van der Waals surface area contributed by atoms with Crippen LogP contribution >= 0.6 is 11.3 Å². The highest BCUT2D eigenvalue weighted by Crippen LogP contribution is 2.35. The third kappa shape index (κ3) is 5.26. The second-order valence-corrected chi connectivity index (χ2v) is 8.71. The molecule has 2 aromatic carbocycles. The molecule has 4 rings (SSSR count). The number of thiophene rings is 1. The molecule has 2 aromatic heterocycles. The van der Waals surface area contributed by atoms with Crippen LogP contribution < -0.4 is 10.1 Å². The van der Waals surface area contributed by atoms with Crippen LogP contribution in [0.25, 0.3) is 10.8 Å². The number of carbonyl (C=O) groups is 3. The Labute approximate surface area is 211 Å². The molecule has 0 saturated heterocycles. The van der Waals surface area contributed by atoms with Crippen molar-refractivity contribution in [3.8, 4) is 5.75 Å². The number of nitrogens with one attached hydrogen (secondary N) is 1. The summed E-state index contributed by atoms with van der Waals surface area (Å²) in [7, 11) is 0. The molecule has 8 nitrogen and oxygen atoms in total. The highest BCUT2D eigenvalue weighted by molar-refractivity contribution is 7.18. The van der Waals surface area contributed by atoms with Gasteiger partial charge in [-0.25, -0.2) is 9.59 Å². The van der Waals surface area contributed by atoms with Crippen LogP contribution in [0.15, 0.2) is 59.0 Å². The number of hydrogen-bond donors (Lipinski definition) is 1. The van der Waals surface area contributed by atoms with Gasteiger partial charge in [-0.3, -0.25) is 4.79 Å². The van der Waals surface area contributed by atoms with Gasteiger partial charge in [0.25, 0.3) is 5.91 Å². The van der Waals surface area contributed by atoms with E-state index in [2.05, 4.69) is 5.32 Å². The molecule has 4 aromatic rings. The largest absolute Gasteiger partial charge is 0.485 e. The zero-order valence-electron chi connectivity index (χ0n) is 20.1. The highest BCUT2D eigenvalue weighted by atomic mass is 32.1. The SMILES string of the molecule is CCOC(=O)c1sc(NC(=O)c2ccc(COc3cccc4ccccc34)o2)c(C(=O)OCC)c1C. The molecule has 0 unspecified atom stereocenters. The predicted octanol–water partition coefficient (Wildman–Crippen LogP) is 5.99. The topological polar surface area (TPSA) is 104 Å². The Morgan fingerprint density at radius 2 is 1.64 bits per heavy atom. The van der Waals surface area contributed by atoms with E-state index in [1.807, 2.05) is 42.5 Å². The maximum Gasteiger partial charge on any atom is 0.348 e. The average Bonchev–Trinajstić information content (AvgIpc) is 3.47. The molecular weight excluding hydrogens is 482 g/mol. The molecule has 0 aliphatic heterocycles. The third-order valence-electron chi connectivity index (χ3n) is 5.32. The van der Waals surface area contributed by atoms with E-state index < -0.39 is 17.8 Å². The molecule has 1 amide bonds. The molecule has 186 valence electrons. The van der Waals surface area contributed by atoms with E-state index in [0.717, 1.165) is 22.1 Å².